The molecule has 3 heterocycles. The fourth-order valence-corrected chi connectivity index (χ4v) is 4.87. The van der Waals surface area contributed by atoms with Crippen molar-refractivity contribution in [3.05, 3.63) is 80.5 Å². The van der Waals surface area contributed by atoms with Crippen molar-refractivity contribution in [1.82, 2.24) is 4.90 Å². The number of benzene rings is 2. The van der Waals surface area contributed by atoms with Gasteiger partial charge in [0.1, 0.15) is 6.61 Å². The Labute approximate surface area is 222 Å². The second-order valence-corrected chi connectivity index (χ2v) is 11.4. The van der Waals surface area contributed by atoms with Crippen LogP contribution in [0.1, 0.15) is 31.2 Å². The van der Waals surface area contributed by atoms with Gasteiger partial charge in [-0.2, -0.15) is 8.42 Å². The number of nitrogens with zero attached hydrogens (tertiary/aromatic N) is 2. The molecule has 0 saturated carbocycles. The van der Waals surface area contributed by atoms with Crippen LogP contribution in [-0.4, -0.2) is 55.1 Å². The fraction of sp³-hybridized carbons (Fsp3) is 0.208. The van der Waals surface area contributed by atoms with Crippen molar-refractivity contribution in [2.45, 2.75) is 13.1 Å². The molecule has 3 aromatic rings. The highest BCUT2D eigenvalue weighted by atomic mass is 35.5. The van der Waals surface area contributed by atoms with Crippen LogP contribution in [0.5, 0.6) is 0 Å². The van der Waals surface area contributed by atoms with Crippen molar-refractivity contribution in [3.8, 4) is 0 Å². The summed E-state index contributed by atoms with van der Waals surface area (Å²) >= 11 is 7.13. The maximum atomic E-state index is 13.2. The van der Waals surface area contributed by atoms with Gasteiger partial charge in [-0.05, 0) is 41.5 Å². The highest BCUT2D eigenvalue weighted by molar-refractivity contribution is 7.85. The van der Waals surface area contributed by atoms with Gasteiger partial charge in [0.05, 0.1) is 33.3 Å². The number of amides is 2. The van der Waals surface area contributed by atoms with E-state index in [-0.39, 0.29) is 17.8 Å². The maximum absolute atomic E-state index is 13.2. The molecule has 1 saturated heterocycles. The van der Waals surface area contributed by atoms with Gasteiger partial charge in [-0.15, -0.1) is 11.3 Å². The number of amidine groups is 1. The molecule has 0 atom stereocenters. The quantitative estimate of drug-likeness (QED) is 0.398. The molecule has 13 heteroatoms. The van der Waals surface area contributed by atoms with Crippen LogP contribution < -0.4 is 10.2 Å². The Morgan fingerprint density at radius 1 is 1.19 bits per heavy atom. The van der Waals surface area contributed by atoms with E-state index in [1.165, 1.54) is 11.3 Å². The normalized spacial score (nSPS) is 14.7. The van der Waals surface area contributed by atoms with Gasteiger partial charge in [-0.25, -0.2) is 0 Å². The van der Waals surface area contributed by atoms with Gasteiger partial charge in [0.15, 0.2) is 0 Å². The number of thiophene rings is 1. The van der Waals surface area contributed by atoms with E-state index in [0.29, 0.717) is 53.0 Å². The summed E-state index contributed by atoms with van der Waals surface area (Å²) in [6.45, 7) is 2.11. The van der Waals surface area contributed by atoms with E-state index in [0.717, 1.165) is 16.8 Å². The lowest BCUT2D eigenvalue weighted by molar-refractivity contribution is 0.0767. The molecule has 0 radical (unpaired) electrons. The lowest BCUT2D eigenvalue weighted by Gasteiger charge is -2.18. The summed E-state index contributed by atoms with van der Waals surface area (Å²) in [5, 5.41) is 10.7. The summed E-state index contributed by atoms with van der Waals surface area (Å²) in [7, 11) is -3.67. The minimum atomic E-state index is -3.67. The number of carbonyl (C=O) groups excluding carboxylic acids is 2. The summed E-state index contributed by atoms with van der Waals surface area (Å²) in [5.41, 5.74) is 3.80. The van der Waals surface area contributed by atoms with Gasteiger partial charge in [-0.3, -0.25) is 24.5 Å². The molecule has 2 aliphatic rings. The van der Waals surface area contributed by atoms with Crippen LogP contribution in [0.4, 0.5) is 11.4 Å². The molecule has 194 valence electrons. The van der Waals surface area contributed by atoms with Gasteiger partial charge in [0.2, 0.25) is 0 Å². The highest BCUT2D eigenvalue weighted by Crippen LogP contribution is 2.32. The first-order valence-electron chi connectivity index (χ1n) is 11.0. The molecule has 2 aromatic carbocycles. The van der Waals surface area contributed by atoms with E-state index < -0.39 is 10.1 Å². The molecule has 1 fully saturated rings. The summed E-state index contributed by atoms with van der Waals surface area (Å²) in [6, 6.07) is 16.8. The Morgan fingerprint density at radius 2 is 1.89 bits per heavy atom. The molecule has 37 heavy (non-hydrogen) atoms. The number of anilines is 2. The largest absolute Gasteiger partial charge is 0.463 e. The van der Waals surface area contributed by atoms with Gasteiger partial charge < -0.3 is 15.0 Å². The van der Waals surface area contributed by atoms with E-state index in [2.05, 4.69) is 5.32 Å². The zero-order chi connectivity index (χ0) is 26.7. The summed E-state index contributed by atoms with van der Waals surface area (Å²) < 4.78 is 31.6. The molecular formula is C24H23ClN4O6S2. The number of rotatable bonds is 5. The third-order valence-electron chi connectivity index (χ3n) is 5.48. The molecule has 5 rings (SSSR count). The Hall–Kier alpha value is -3.45. The summed E-state index contributed by atoms with van der Waals surface area (Å²) in [5.74, 6) is -0.396. The van der Waals surface area contributed by atoms with Gasteiger partial charge in [0, 0.05) is 18.8 Å². The second kappa shape index (κ2) is 10.9. The van der Waals surface area contributed by atoms with Gasteiger partial charge in [-0.1, -0.05) is 35.9 Å². The van der Waals surface area contributed by atoms with E-state index >= 15 is 0 Å². The van der Waals surface area contributed by atoms with Crippen LogP contribution in [0.2, 0.25) is 4.34 Å². The third kappa shape index (κ3) is 6.66. The number of nitrogens with one attached hydrogen (secondary N) is 2. The molecule has 1 aromatic heterocycles. The SMILES string of the molecule is CS(=O)(=O)O.N=C1OCCN1c1ccc(CN2Cc3cccc(NC(=O)c4ccc(Cl)s4)c3C2=O)cc1. The van der Waals surface area contributed by atoms with Crippen LogP contribution in [0.15, 0.2) is 54.6 Å². The zero-order valence-corrected chi connectivity index (χ0v) is 22.0. The average molecular weight is 563 g/mol. The summed E-state index contributed by atoms with van der Waals surface area (Å²) in [4.78, 5) is 29.8. The summed E-state index contributed by atoms with van der Waals surface area (Å²) in [6.07, 6.45) is 0.715. The van der Waals surface area contributed by atoms with Crippen LogP contribution in [0.25, 0.3) is 0 Å². The fourth-order valence-electron chi connectivity index (χ4n) is 3.93. The van der Waals surface area contributed by atoms with E-state index in [4.69, 9.17) is 26.3 Å². The Balaban J connectivity index is 0.000000586. The number of halogens is 1. The molecule has 3 N–H and O–H groups in total. The minimum absolute atomic E-state index is 0.112. The minimum Gasteiger partial charge on any atom is -0.463 e. The Morgan fingerprint density at radius 3 is 2.49 bits per heavy atom. The molecule has 2 aliphatic heterocycles. The lowest BCUT2D eigenvalue weighted by Crippen LogP contribution is -2.25. The average Bonchev–Trinajstić information content (AvgIpc) is 3.53. The standard InChI is InChI=1S/C23H19ClN4O3S.CH4O3S/c24-19-9-8-18(32-19)21(29)26-17-3-1-2-15-13-27(22(30)20(15)17)12-14-4-6-16(7-5-14)28-10-11-31-23(28)25;1-5(2,3)4/h1-9,25H,10-13H2,(H,26,29);1H3,(H,2,3,4). The molecule has 10 nitrogen and oxygen atoms in total. The number of hydrogen-bond donors (Lipinski definition) is 3. The zero-order valence-electron chi connectivity index (χ0n) is 19.6. The highest BCUT2D eigenvalue weighted by Gasteiger charge is 2.30. The molecule has 0 bridgehead atoms. The number of ether oxygens (including phenoxy) is 1. The molecule has 0 unspecified atom stereocenters. The van der Waals surface area contributed by atoms with E-state index in [1.54, 1.807) is 28.0 Å². The second-order valence-electron chi connectivity index (χ2n) is 8.26. The van der Waals surface area contributed by atoms with E-state index in [9.17, 15) is 18.0 Å². The van der Waals surface area contributed by atoms with Crippen molar-refractivity contribution in [1.29, 1.82) is 5.41 Å². The van der Waals surface area contributed by atoms with Crippen molar-refractivity contribution in [3.63, 3.8) is 0 Å². The van der Waals surface area contributed by atoms with Crippen LogP contribution in [0, 0.1) is 5.41 Å². The molecule has 0 aliphatic carbocycles. The van der Waals surface area contributed by atoms with Crippen molar-refractivity contribution < 1.29 is 27.3 Å². The number of fused-ring (bicyclic) bond motifs is 1. The monoisotopic (exact) mass is 562 g/mol. The topological polar surface area (TPSA) is 140 Å². The van der Waals surface area contributed by atoms with Crippen LogP contribution in [-0.2, 0) is 27.9 Å². The molecular weight excluding hydrogens is 540 g/mol. The smallest absolute Gasteiger partial charge is 0.289 e. The first-order valence-corrected chi connectivity index (χ1v) is 14.0. The maximum Gasteiger partial charge on any atom is 0.289 e. The first-order chi connectivity index (χ1) is 17.5. The van der Waals surface area contributed by atoms with Gasteiger partial charge >= 0.3 is 0 Å². The van der Waals surface area contributed by atoms with Crippen LogP contribution >= 0.6 is 22.9 Å². The van der Waals surface area contributed by atoms with Crippen molar-refractivity contribution in [2.24, 2.45) is 0 Å². The Kier molecular flexibility index (Phi) is 7.83. The van der Waals surface area contributed by atoms with Crippen molar-refractivity contribution >= 4 is 62.3 Å². The molecule has 0 spiro atoms. The molecule has 2 amide bonds. The number of hydrogen-bond acceptors (Lipinski definition) is 7. The van der Waals surface area contributed by atoms with Gasteiger partial charge in [0.25, 0.3) is 28.0 Å². The Bertz CT molecular complexity index is 1450. The van der Waals surface area contributed by atoms with Crippen LogP contribution in [0.3, 0.4) is 0 Å². The third-order valence-corrected chi connectivity index (χ3v) is 6.71. The lowest BCUT2D eigenvalue weighted by atomic mass is 10.1. The predicted molar refractivity (Wildman–Crippen MR) is 142 cm³/mol. The van der Waals surface area contributed by atoms with E-state index in [1.807, 2.05) is 36.4 Å². The number of carbonyl (C=O) groups is 2. The first kappa shape index (κ1) is 26.6. The predicted octanol–water partition coefficient (Wildman–Crippen LogP) is 4.09. The van der Waals surface area contributed by atoms with Crippen molar-refractivity contribution in [2.75, 3.05) is 29.6 Å².